The summed E-state index contributed by atoms with van der Waals surface area (Å²) in [6, 6.07) is 0. The predicted octanol–water partition coefficient (Wildman–Crippen LogP) is 1.85. The second-order valence-electron chi connectivity index (χ2n) is 6.05. The van der Waals surface area contributed by atoms with Gasteiger partial charge in [-0.3, -0.25) is 0 Å². The number of aromatic nitrogens is 2. The van der Waals surface area contributed by atoms with Gasteiger partial charge in [0.05, 0.1) is 0 Å². The van der Waals surface area contributed by atoms with E-state index in [9.17, 15) is 0 Å². The van der Waals surface area contributed by atoms with Crippen molar-refractivity contribution >= 4 is 11.6 Å². The van der Waals surface area contributed by atoms with Crippen LogP contribution in [0.1, 0.15) is 36.6 Å². The van der Waals surface area contributed by atoms with Crippen LogP contribution in [0.5, 0.6) is 0 Å². The Hall–Kier alpha value is -1.36. The average Bonchev–Trinajstić information content (AvgIpc) is 3.27. The van der Waals surface area contributed by atoms with Gasteiger partial charge in [-0.15, -0.1) is 0 Å². The van der Waals surface area contributed by atoms with E-state index in [4.69, 9.17) is 4.98 Å². The maximum absolute atomic E-state index is 4.89. The zero-order valence-electron chi connectivity index (χ0n) is 12.8. The smallest absolute Gasteiger partial charge is 0.137 e. The van der Waals surface area contributed by atoms with E-state index in [1.54, 1.807) is 0 Å². The first-order valence-electron chi connectivity index (χ1n) is 7.69. The van der Waals surface area contributed by atoms with Crippen LogP contribution in [0.4, 0.5) is 11.6 Å². The van der Waals surface area contributed by atoms with E-state index in [0.717, 1.165) is 37.1 Å². The van der Waals surface area contributed by atoms with Gasteiger partial charge < -0.3 is 15.1 Å². The van der Waals surface area contributed by atoms with Gasteiger partial charge >= 0.3 is 0 Å². The molecule has 1 saturated carbocycles. The number of nitrogens with one attached hydrogen (secondary N) is 1. The summed E-state index contributed by atoms with van der Waals surface area (Å²) in [4.78, 5) is 14.4. The summed E-state index contributed by atoms with van der Waals surface area (Å²) < 4.78 is 0. The second kappa shape index (κ2) is 5.56. The Morgan fingerprint density at radius 3 is 2.60 bits per heavy atom. The number of anilines is 2. The highest BCUT2D eigenvalue weighted by Gasteiger charge is 2.29. The highest BCUT2D eigenvalue weighted by atomic mass is 15.3. The first-order valence-corrected chi connectivity index (χ1v) is 7.69. The minimum Gasteiger partial charge on any atom is -0.373 e. The third-order valence-electron chi connectivity index (χ3n) is 4.34. The van der Waals surface area contributed by atoms with Gasteiger partial charge in [-0.2, -0.15) is 0 Å². The van der Waals surface area contributed by atoms with Crippen molar-refractivity contribution in [3.63, 3.8) is 0 Å². The quantitative estimate of drug-likeness (QED) is 0.912. The molecule has 0 spiro atoms. The molecule has 20 heavy (non-hydrogen) atoms. The number of hydrogen-bond acceptors (Lipinski definition) is 5. The molecule has 5 heteroatoms. The third-order valence-corrected chi connectivity index (χ3v) is 4.34. The topological polar surface area (TPSA) is 44.3 Å². The molecule has 1 aromatic rings. The Labute approximate surface area is 121 Å². The molecule has 2 fully saturated rings. The average molecular weight is 275 g/mol. The van der Waals surface area contributed by atoms with E-state index in [0.29, 0.717) is 5.92 Å². The molecule has 0 bridgehead atoms. The molecule has 1 aliphatic carbocycles. The van der Waals surface area contributed by atoms with Crippen LogP contribution in [0.25, 0.3) is 0 Å². The standard InChI is InChI=1S/C15H25N5/c1-11-13(16-2)17-14(12-5-6-12)18-15(11)20-8-4-7-19(3)9-10-20/h12H,4-10H2,1-3H3,(H,16,17,18). The summed E-state index contributed by atoms with van der Waals surface area (Å²) in [6.07, 6.45) is 3.69. The molecule has 1 aliphatic heterocycles. The number of likely N-dealkylation sites (N-methyl/N-ethyl adjacent to an activating group) is 1. The molecule has 0 aromatic carbocycles. The molecule has 0 amide bonds. The molecule has 5 nitrogen and oxygen atoms in total. The largest absolute Gasteiger partial charge is 0.373 e. The molecule has 110 valence electrons. The van der Waals surface area contributed by atoms with Gasteiger partial charge in [0.2, 0.25) is 0 Å². The molecule has 1 aromatic heterocycles. The molecule has 0 atom stereocenters. The van der Waals surface area contributed by atoms with Crippen LogP contribution in [0.2, 0.25) is 0 Å². The zero-order valence-corrected chi connectivity index (χ0v) is 12.8. The summed E-state index contributed by atoms with van der Waals surface area (Å²) in [6.45, 7) is 6.57. The number of nitrogens with zero attached hydrogens (tertiary/aromatic N) is 4. The van der Waals surface area contributed by atoms with E-state index in [-0.39, 0.29) is 0 Å². The minimum absolute atomic E-state index is 0.594. The Kier molecular flexibility index (Phi) is 3.78. The lowest BCUT2D eigenvalue weighted by Crippen LogP contribution is -2.30. The van der Waals surface area contributed by atoms with Crippen molar-refractivity contribution in [2.45, 2.75) is 32.1 Å². The van der Waals surface area contributed by atoms with E-state index < -0.39 is 0 Å². The van der Waals surface area contributed by atoms with Gasteiger partial charge in [-0.25, -0.2) is 9.97 Å². The summed E-state index contributed by atoms with van der Waals surface area (Å²) in [7, 11) is 4.15. The van der Waals surface area contributed by atoms with Crippen molar-refractivity contribution in [1.82, 2.24) is 14.9 Å². The van der Waals surface area contributed by atoms with E-state index in [1.165, 1.54) is 31.4 Å². The molecule has 0 unspecified atom stereocenters. The number of rotatable bonds is 3. The molecule has 3 rings (SSSR count). The first-order chi connectivity index (χ1) is 9.69. The molecule has 2 aliphatic rings. The molecular weight excluding hydrogens is 250 g/mol. The van der Waals surface area contributed by atoms with Crippen LogP contribution >= 0.6 is 0 Å². The summed E-state index contributed by atoms with van der Waals surface area (Å²) in [5.74, 6) is 3.76. The van der Waals surface area contributed by atoms with E-state index >= 15 is 0 Å². The summed E-state index contributed by atoms with van der Waals surface area (Å²) in [5.41, 5.74) is 1.18. The van der Waals surface area contributed by atoms with Crippen LogP contribution in [0.15, 0.2) is 0 Å². The molecule has 1 saturated heterocycles. The number of hydrogen-bond donors (Lipinski definition) is 1. The van der Waals surface area contributed by atoms with Gasteiger partial charge in [0, 0.05) is 38.2 Å². The summed E-state index contributed by atoms with van der Waals surface area (Å²) in [5, 5.41) is 3.23. The lowest BCUT2D eigenvalue weighted by atomic mass is 10.2. The van der Waals surface area contributed by atoms with Gasteiger partial charge in [0.1, 0.15) is 17.5 Å². The van der Waals surface area contributed by atoms with Gasteiger partial charge in [-0.05, 0) is 39.8 Å². The van der Waals surface area contributed by atoms with Crippen LogP contribution < -0.4 is 10.2 Å². The molecule has 1 N–H and O–H groups in total. The van der Waals surface area contributed by atoms with Gasteiger partial charge in [0.25, 0.3) is 0 Å². The van der Waals surface area contributed by atoms with Crippen LogP contribution in [-0.4, -0.2) is 55.1 Å². The lowest BCUT2D eigenvalue weighted by Gasteiger charge is -2.25. The highest BCUT2D eigenvalue weighted by Crippen LogP contribution is 2.40. The zero-order chi connectivity index (χ0) is 14.1. The fourth-order valence-corrected chi connectivity index (χ4v) is 2.86. The highest BCUT2D eigenvalue weighted by molar-refractivity contribution is 5.59. The lowest BCUT2D eigenvalue weighted by molar-refractivity contribution is 0.360. The van der Waals surface area contributed by atoms with Crippen LogP contribution in [0, 0.1) is 6.92 Å². The minimum atomic E-state index is 0.594. The Balaban J connectivity index is 1.92. The van der Waals surface area contributed by atoms with Crippen molar-refractivity contribution in [3.05, 3.63) is 11.4 Å². The fourth-order valence-electron chi connectivity index (χ4n) is 2.86. The SMILES string of the molecule is CNc1nc(C2CC2)nc(N2CCCN(C)CC2)c1C. The normalized spacial score (nSPS) is 20.9. The van der Waals surface area contributed by atoms with Crippen molar-refractivity contribution in [2.75, 3.05) is 50.5 Å². The van der Waals surface area contributed by atoms with E-state index in [1.807, 2.05) is 7.05 Å². The van der Waals surface area contributed by atoms with E-state index in [2.05, 4.69) is 34.1 Å². The first kappa shape index (κ1) is 13.6. The monoisotopic (exact) mass is 275 g/mol. The molecular formula is C15H25N5. The molecule has 0 radical (unpaired) electrons. The van der Waals surface area contributed by atoms with Gasteiger partial charge in [-0.1, -0.05) is 0 Å². The van der Waals surface area contributed by atoms with Crippen molar-refractivity contribution < 1.29 is 0 Å². The van der Waals surface area contributed by atoms with Crippen LogP contribution in [0.3, 0.4) is 0 Å². The fraction of sp³-hybridized carbons (Fsp3) is 0.733. The summed E-state index contributed by atoms with van der Waals surface area (Å²) >= 11 is 0. The Bertz CT molecular complexity index is 483. The molecule has 2 heterocycles. The van der Waals surface area contributed by atoms with Crippen molar-refractivity contribution in [1.29, 1.82) is 0 Å². The predicted molar refractivity (Wildman–Crippen MR) is 82.6 cm³/mol. The van der Waals surface area contributed by atoms with Crippen molar-refractivity contribution in [2.24, 2.45) is 0 Å². The van der Waals surface area contributed by atoms with Crippen LogP contribution in [-0.2, 0) is 0 Å². The van der Waals surface area contributed by atoms with Gasteiger partial charge in [0.15, 0.2) is 0 Å². The second-order valence-corrected chi connectivity index (χ2v) is 6.05. The maximum Gasteiger partial charge on any atom is 0.137 e. The van der Waals surface area contributed by atoms with Crippen molar-refractivity contribution in [3.8, 4) is 0 Å². The third kappa shape index (κ3) is 2.73. The maximum atomic E-state index is 4.89. The Morgan fingerprint density at radius 1 is 1.10 bits per heavy atom. The Morgan fingerprint density at radius 2 is 1.90 bits per heavy atom.